The maximum absolute atomic E-state index is 7.76. The molecule has 0 spiro atoms. The fourth-order valence-electron chi connectivity index (χ4n) is 3.46. The first kappa shape index (κ1) is 19.6. The second-order valence-electron chi connectivity index (χ2n) is 7.62. The topological polar surface area (TPSA) is 86.6 Å². The summed E-state index contributed by atoms with van der Waals surface area (Å²) in [6, 6.07) is 10.6. The molecule has 0 bridgehead atoms. The van der Waals surface area contributed by atoms with Crippen LogP contribution in [0.1, 0.15) is 50.4 Å². The first-order valence-corrected chi connectivity index (χ1v) is 10.4. The van der Waals surface area contributed by atoms with Gasteiger partial charge >= 0.3 is 0 Å². The Morgan fingerprint density at radius 1 is 1.24 bits per heavy atom. The Bertz CT molecular complexity index is 1030. The van der Waals surface area contributed by atoms with E-state index >= 15 is 0 Å². The van der Waals surface area contributed by atoms with Gasteiger partial charge in [-0.3, -0.25) is 4.98 Å². The van der Waals surface area contributed by atoms with E-state index in [0.717, 1.165) is 41.4 Å². The Kier molecular flexibility index (Phi) is 5.62. The van der Waals surface area contributed by atoms with E-state index < -0.39 is 0 Å². The maximum Gasteiger partial charge on any atom is 0.225 e. The van der Waals surface area contributed by atoms with Crippen LogP contribution in [0, 0.1) is 11.3 Å². The molecule has 0 amide bonds. The van der Waals surface area contributed by atoms with Crippen molar-refractivity contribution in [3.63, 3.8) is 0 Å². The molecule has 0 saturated heterocycles. The van der Waals surface area contributed by atoms with Crippen molar-refractivity contribution in [1.29, 1.82) is 5.41 Å². The average molecular weight is 409 g/mol. The molecule has 2 aromatic heterocycles. The number of nitrogens with zero attached hydrogens (tertiary/aromatic N) is 3. The Balaban J connectivity index is 1.73. The van der Waals surface area contributed by atoms with Gasteiger partial charge in [-0.15, -0.1) is 0 Å². The molecule has 1 unspecified atom stereocenters. The van der Waals surface area contributed by atoms with Crippen molar-refractivity contribution < 1.29 is 0 Å². The summed E-state index contributed by atoms with van der Waals surface area (Å²) in [7, 11) is 0. The minimum Gasteiger partial charge on any atom is -0.378 e. The predicted molar refractivity (Wildman–Crippen MR) is 119 cm³/mol. The Morgan fingerprint density at radius 2 is 2.03 bits per heavy atom. The van der Waals surface area contributed by atoms with Crippen molar-refractivity contribution in [2.45, 2.75) is 45.2 Å². The van der Waals surface area contributed by atoms with Gasteiger partial charge in [0.2, 0.25) is 5.28 Å². The number of nitrogens with one attached hydrogen (secondary N) is 3. The van der Waals surface area contributed by atoms with Gasteiger partial charge in [-0.2, -0.15) is 4.98 Å². The number of para-hydroxylation sites is 1. The standard InChI is InChI=1S/C22H25ClN6/c1-3-13(2)26-20-18(11-24)27-22(23)29-21(20)28-19(14-8-9-14)16-10-15-6-4-5-7-17(15)25-12-16/h4-7,10-14,19,24,26H,3,8-9H2,1-2H3,(H,27,28,29)/t13?,19-/m1/s1. The Hall–Kier alpha value is -2.73. The van der Waals surface area contributed by atoms with E-state index in [9.17, 15) is 0 Å². The third kappa shape index (κ3) is 4.32. The van der Waals surface area contributed by atoms with Gasteiger partial charge < -0.3 is 16.0 Å². The molecular weight excluding hydrogens is 384 g/mol. The number of pyridine rings is 1. The van der Waals surface area contributed by atoms with Gasteiger partial charge in [0.1, 0.15) is 11.4 Å². The monoisotopic (exact) mass is 408 g/mol. The number of benzene rings is 1. The number of anilines is 2. The minimum absolute atomic E-state index is 0.0779. The van der Waals surface area contributed by atoms with Crippen LogP contribution >= 0.6 is 11.6 Å². The van der Waals surface area contributed by atoms with Crippen LogP contribution in [-0.4, -0.2) is 27.2 Å². The molecule has 2 heterocycles. The zero-order valence-electron chi connectivity index (χ0n) is 16.6. The lowest BCUT2D eigenvalue weighted by Crippen LogP contribution is -2.21. The van der Waals surface area contributed by atoms with Crippen molar-refractivity contribution >= 4 is 40.2 Å². The number of hydrogen-bond donors (Lipinski definition) is 3. The van der Waals surface area contributed by atoms with Crippen LogP contribution in [0.3, 0.4) is 0 Å². The molecule has 1 saturated carbocycles. The summed E-state index contributed by atoms with van der Waals surface area (Å²) < 4.78 is 0. The fraction of sp³-hybridized carbons (Fsp3) is 0.364. The molecule has 0 aliphatic heterocycles. The normalized spacial score (nSPS) is 15.7. The smallest absolute Gasteiger partial charge is 0.225 e. The molecule has 3 N–H and O–H groups in total. The Morgan fingerprint density at radius 3 is 2.76 bits per heavy atom. The molecule has 1 aliphatic carbocycles. The van der Waals surface area contributed by atoms with E-state index in [1.165, 1.54) is 6.21 Å². The van der Waals surface area contributed by atoms with E-state index in [2.05, 4.69) is 51.6 Å². The third-order valence-corrected chi connectivity index (χ3v) is 5.57. The van der Waals surface area contributed by atoms with Gasteiger partial charge in [0.05, 0.1) is 11.6 Å². The van der Waals surface area contributed by atoms with E-state index in [4.69, 9.17) is 17.0 Å². The van der Waals surface area contributed by atoms with E-state index in [-0.39, 0.29) is 17.4 Å². The largest absolute Gasteiger partial charge is 0.378 e. The summed E-state index contributed by atoms with van der Waals surface area (Å²) in [5.41, 5.74) is 3.32. The number of halogens is 1. The van der Waals surface area contributed by atoms with E-state index in [1.54, 1.807) is 0 Å². The van der Waals surface area contributed by atoms with Gasteiger partial charge in [0, 0.05) is 23.8 Å². The molecule has 7 heteroatoms. The molecule has 2 atom stereocenters. The summed E-state index contributed by atoms with van der Waals surface area (Å²) in [6.45, 7) is 4.21. The van der Waals surface area contributed by atoms with Crippen LogP contribution in [0.25, 0.3) is 10.9 Å². The maximum atomic E-state index is 7.76. The Labute approximate surface area is 175 Å². The fourth-order valence-corrected chi connectivity index (χ4v) is 3.63. The van der Waals surface area contributed by atoms with Gasteiger partial charge in [0.25, 0.3) is 0 Å². The van der Waals surface area contributed by atoms with Crippen molar-refractivity contribution in [2.75, 3.05) is 10.6 Å². The number of hydrogen-bond acceptors (Lipinski definition) is 6. The number of rotatable bonds is 8. The SMILES string of the molecule is CCC(C)Nc1c(C=N)nc(Cl)nc1N[C@@H](c1cnc2ccccc2c1)C1CC1. The van der Waals surface area contributed by atoms with Crippen molar-refractivity contribution in [3.05, 3.63) is 53.1 Å². The highest BCUT2D eigenvalue weighted by molar-refractivity contribution is 6.28. The molecule has 1 aliphatic rings. The van der Waals surface area contributed by atoms with Crippen molar-refractivity contribution in [2.24, 2.45) is 5.92 Å². The first-order chi connectivity index (χ1) is 14.1. The highest BCUT2D eigenvalue weighted by Gasteiger charge is 2.34. The summed E-state index contributed by atoms with van der Waals surface area (Å²) in [4.78, 5) is 13.3. The second-order valence-corrected chi connectivity index (χ2v) is 7.96. The third-order valence-electron chi connectivity index (χ3n) is 5.41. The van der Waals surface area contributed by atoms with Gasteiger partial charge in [0.15, 0.2) is 5.82 Å². The molecule has 4 rings (SSSR count). The minimum atomic E-state index is 0.0779. The molecule has 6 nitrogen and oxygen atoms in total. The molecule has 29 heavy (non-hydrogen) atoms. The van der Waals surface area contributed by atoms with Crippen LogP contribution in [0.2, 0.25) is 5.28 Å². The van der Waals surface area contributed by atoms with Crippen molar-refractivity contribution in [1.82, 2.24) is 15.0 Å². The first-order valence-electron chi connectivity index (χ1n) is 10.0. The van der Waals surface area contributed by atoms with E-state index in [1.807, 2.05) is 24.4 Å². The summed E-state index contributed by atoms with van der Waals surface area (Å²) in [5.74, 6) is 1.15. The number of fused-ring (bicyclic) bond motifs is 1. The second kappa shape index (κ2) is 8.33. The van der Waals surface area contributed by atoms with Gasteiger partial charge in [-0.25, -0.2) is 4.98 Å². The van der Waals surface area contributed by atoms with Crippen LogP contribution in [0.15, 0.2) is 36.5 Å². The van der Waals surface area contributed by atoms with Crippen LogP contribution in [0.4, 0.5) is 11.5 Å². The lowest BCUT2D eigenvalue weighted by Gasteiger charge is -2.24. The molecule has 0 radical (unpaired) electrons. The summed E-state index contributed by atoms with van der Waals surface area (Å²) in [6.07, 6.45) is 6.43. The average Bonchev–Trinajstić information content (AvgIpc) is 3.58. The predicted octanol–water partition coefficient (Wildman–Crippen LogP) is 5.45. The quantitative estimate of drug-likeness (QED) is 0.341. The highest BCUT2D eigenvalue weighted by atomic mass is 35.5. The summed E-state index contributed by atoms with van der Waals surface area (Å²) >= 11 is 6.17. The molecular formula is C22H25ClN6. The molecule has 1 fully saturated rings. The van der Waals surface area contributed by atoms with Crippen molar-refractivity contribution in [3.8, 4) is 0 Å². The van der Waals surface area contributed by atoms with Crippen LogP contribution in [0.5, 0.6) is 0 Å². The van der Waals surface area contributed by atoms with E-state index in [0.29, 0.717) is 17.4 Å². The van der Waals surface area contributed by atoms with Gasteiger partial charge in [-0.05, 0) is 61.4 Å². The zero-order valence-corrected chi connectivity index (χ0v) is 17.4. The lowest BCUT2D eigenvalue weighted by molar-refractivity contribution is 0.673. The van der Waals surface area contributed by atoms with Crippen LogP contribution < -0.4 is 10.6 Å². The van der Waals surface area contributed by atoms with Crippen LogP contribution in [-0.2, 0) is 0 Å². The lowest BCUT2D eigenvalue weighted by atomic mass is 10.0. The number of aromatic nitrogens is 3. The zero-order chi connectivity index (χ0) is 20.4. The molecule has 1 aromatic carbocycles. The molecule has 3 aromatic rings. The summed E-state index contributed by atoms with van der Waals surface area (Å²) in [5, 5.41) is 16.0. The highest BCUT2D eigenvalue weighted by Crippen LogP contribution is 2.44. The van der Waals surface area contributed by atoms with Gasteiger partial charge in [-0.1, -0.05) is 25.1 Å². The molecule has 150 valence electrons.